The van der Waals surface area contributed by atoms with Crippen molar-refractivity contribution >= 4 is 0 Å². The molecule has 1 N–H and O–H groups in total. The lowest BCUT2D eigenvalue weighted by atomic mass is 10.0. The first-order chi connectivity index (χ1) is 8.69. The van der Waals surface area contributed by atoms with Crippen LogP contribution >= 0.6 is 0 Å². The maximum absolute atomic E-state index is 9.56. The van der Waals surface area contributed by atoms with Crippen LogP contribution in [0.4, 0.5) is 0 Å². The van der Waals surface area contributed by atoms with Crippen molar-refractivity contribution in [2.24, 2.45) is 5.92 Å². The van der Waals surface area contributed by atoms with E-state index >= 15 is 0 Å². The van der Waals surface area contributed by atoms with Gasteiger partial charge in [0.15, 0.2) is 0 Å². The molecule has 2 fully saturated rings. The minimum absolute atomic E-state index is 0.194. The predicted octanol–water partition coefficient (Wildman–Crippen LogP) is 1.95. The fraction of sp³-hybridized carbons (Fsp3) is 1.00. The highest BCUT2D eigenvalue weighted by atomic mass is 16.3. The molecule has 0 bridgehead atoms. The summed E-state index contributed by atoms with van der Waals surface area (Å²) < 4.78 is 0. The summed E-state index contributed by atoms with van der Waals surface area (Å²) in [4.78, 5) is 5.15. The van der Waals surface area contributed by atoms with E-state index in [2.05, 4.69) is 16.7 Å². The highest BCUT2D eigenvalue weighted by molar-refractivity contribution is 4.84. The zero-order valence-electron chi connectivity index (χ0n) is 12.1. The lowest BCUT2D eigenvalue weighted by Crippen LogP contribution is -2.55. The van der Waals surface area contributed by atoms with E-state index in [0.717, 1.165) is 19.0 Å². The van der Waals surface area contributed by atoms with Crippen LogP contribution in [0.2, 0.25) is 0 Å². The first-order valence-electron chi connectivity index (χ1n) is 7.83. The zero-order chi connectivity index (χ0) is 13.0. The van der Waals surface area contributed by atoms with Crippen LogP contribution in [0.15, 0.2) is 0 Å². The molecule has 0 spiro atoms. The van der Waals surface area contributed by atoms with Crippen LogP contribution in [-0.2, 0) is 0 Å². The Labute approximate surface area is 112 Å². The van der Waals surface area contributed by atoms with E-state index < -0.39 is 0 Å². The molecular formula is C15H30N2O. The molecule has 18 heavy (non-hydrogen) atoms. The Morgan fingerprint density at radius 1 is 1.22 bits per heavy atom. The van der Waals surface area contributed by atoms with Gasteiger partial charge in [-0.25, -0.2) is 0 Å². The Balaban J connectivity index is 1.79. The summed E-state index contributed by atoms with van der Waals surface area (Å²) >= 11 is 0. The second-order valence-corrected chi connectivity index (χ2v) is 6.32. The summed E-state index contributed by atoms with van der Waals surface area (Å²) in [6.45, 7) is 9.88. The Kier molecular flexibility index (Phi) is 5.46. The third-order valence-corrected chi connectivity index (χ3v) is 4.65. The van der Waals surface area contributed by atoms with Crippen LogP contribution in [0.1, 0.15) is 46.0 Å². The Morgan fingerprint density at radius 2 is 1.94 bits per heavy atom. The molecule has 3 nitrogen and oxygen atoms in total. The van der Waals surface area contributed by atoms with E-state index in [-0.39, 0.29) is 6.10 Å². The number of nitrogens with zero attached hydrogens (tertiary/aromatic N) is 2. The second kappa shape index (κ2) is 6.88. The van der Waals surface area contributed by atoms with Gasteiger partial charge in [-0.05, 0) is 32.1 Å². The number of β-amino-alcohol motifs (C(OH)–C–C–N with tert-alkyl or cyclic N) is 1. The van der Waals surface area contributed by atoms with Gasteiger partial charge in [-0.3, -0.25) is 4.90 Å². The maximum atomic E-state index is 9.56. The molecule has 0 aromatic heterocycles. The van der Waals surface area contributed by atoms with E-state index in [1.807, 2.05) is 6.92 Å². The monoisotopic (exact) mass is 254 g/mol. The molecule has 2 atom stereocenters. The van der Waals surface area contributed by atoms with E-state index in [0.29, 0.717) is 6.04 Å². The first kappa shape index (κ1) is 14.3. The molecule has 0 radical (unpaired) electrons. The molecule has 0 unspecified atom stereocenters. The lowest BCUT2D eigenvalue weighted by molar-refractivity contribution is 0.0313. The van der Waals surface area contributed by atoms with Crippen LogP contribution in [0.25, 0.3) is 0 Å². The average molecular weight is 254 g/mol. The lowest BCUT2D eigenvalue weighted by Gasteiger charge is -2.42. The average Bonchev–Trinajstić information content (AvgIpc) is 2.83. The van der Waals surface area contributed by atoms with Crippen LogP contribution in [0.3, 0.4) is 0 Å². The van der Waals surface area contributed by atoms with Crippen molar-refractivity contribution in [3.8, 4) is 0 Å². The number of aliphatic hydroxyl groups excluding tert-OH is 1. The SMILES string of the molecule is CC[C@@H]1CN(CC2CCCC2)CCN1C[C@H](C)O. The second-order valence-electron chi connectivity index (χ2n) is 6.32. The summed E-state index contributed by atoms with van der Waals surface area (Å²) in [7, 11) is 0. The molecule has 0 amide bonds. The molecular weight excluding hydrogens is 224 g/mol. The molecule has 2 rings (SSSR count). The van der Waals surface area contributed by atoms with Crippen LogP contribution in [-0.4, -0.2) is 59.8 Å². The van der Waals surface area contributed by atoms with Gasteiger partial charge in [0.05, 0.1) is 6.10 Å². The Hall–Kier alpha value is -0.120. The van der Waals surface area contributed by atoms with Crippen molar-refractivity contribution in [3.63, 3.8) is 0 Å². The van der Waals surface area contributed by atoms with E-state index in [1.54, 1.807) is 0 Å². The number of piperazine rings is 1. The van der Waals surface area contributed by atoms with Gasteiger partial charge in [-0.1, -0.05) is 19.8 Å². The topological polar surface area (TPSA) is 26.7 Å². The first-order valence-corrected chi connectivity index (χ1v) is 7.83. The highest BCUT2D eigenvalue weighted by Gasteiger charge is 2.28. The normalized spacial score (nSPS) is 29.8. The molecule has 0 aromatic rings. The standard InChI is InChI=1S/C15H30N2O/c1-3-15-12-16(11-14-6-4-5-7-14)8-9-17(15)10-13(2)18/h13-15,18H,3-12H2,1-2H3/t13-,15+/m0/s1. The summed E-state index contributed by atoms with van der Waals surface area (Å²) in [5.41, 5.74) is 0. The van der Waals surface area contributed by atoms with Gasteiger partial charge in [0.1, 0.15) is 0 Å². The van der Waals surface area contributed by atoms with Crippen molar-refractivity contribution in [2.75, 3.05) is 32.7 Å². The molecule has 0 aromatic carbocycles. The van der Waals surface area contributed by atoms with Crippen LogP contribution in [0, 0.1) is 5.92 Å². The maximum Gasteiger partial charge on any atom is 0.0639 e. The summed E-state index contributed by atoms with van der Waals surface area (Å²) in [6, 6.07) is 0.648. The molecule has 3 heteroatoms. The van der Waals surface area contributed by atoms with Crippen molar-refractivity contribution in [3.05, 3.63) is 0 Å². The summed E-state index contributed by atoms with van der Waals surface area (Å²) in [5, 5.41) is 9.56. The number of hydrogen-bond acceptors (Lipinski definition) is 3. The van der Waals surface area contributed by atoms with Crippen molar-refractivity contribution in [2.45, 2.75) is 58.1 Å². The summed E-state index contributed by atoms with van der Waals surface area (Å²) in [5.74, 6) is 0.964. The number of rotatable bonds is 5. The van der Waals surface area contributed by atoms with Gasteiger partial charge in [0.2, 0.25) is 0 Å². The molecule has 1 aliphatic heterocycles. The zero-order valence-corrected chi connectivity index (χ0v) is 12.1. The van der Waals surface area contributed by atoms with Gasteiger partial charge < -0.3 is 10.0 Å². The molecule has 1 aliphatic carbocycles. The molecule has 2 aliphatic rings. The van der Waals surface area contributed by atoms with Gasteiger partial charge in [0.25, 0.3) is 0 Å². The van der Waals surface area contributed by atoms with Crippen LogP contribution < -0.4 is 0 Å². The van der Waals surface area contributed by atoms with Gasteiger partial charge >= 0.3 is 0 Å². The van der Waals surface area contributed by atoms with Crippen molar-refractivity contribution in [1.82, 2.24) is 9.80 Å². The fourth-order valence-electron chi connectivity index (χ4n) is 3.65. The molecule has 1 saturated heterocycles. The van der Waals surface area contributed by atoms with Gasteiger partial charge in [0, 0.05) is 38.8 Å². The Morgan fingerprint density at radius 3 is 2.56 bits per heavy atom. The minimum Gasteiger partial charge on any atom is -0.392 e. The fourth-order valence-corrected chi connectivity index (χ4v) is 3.65. The van der Waals surface area contributed by atoms with Crippen molar-refractivity contribution in [1.29, 1.82) is 0 Å². The van der Waals surface area contributed by atoms with Gasteiger partial charge in [-0.15, -0.1) is 0 Å². The smallest absolute Gasteiger partial charge is 0.0639 e. The van der Waals surface area contributed by atoms with Crippen molar-refractivity contribution < 1.29 is 5.11 Å². The van der Waals surface area contributed by atoms with E-state index in [1.165, 1.54) is 51.7 Å². The molecule has 1 heterocycles. The third kappa shape index (κ3) is 3.94. The summed E-state index contributed by atoms with van der Waals surface area (Å²) in [6.07, 6.45) is 6.80. The molecule has 106 valence electrons. The third-order valence-electron chi connectivity index (χ3n) is 4.65. The number of aliphatic hydroxyl groups is 1. The van der Waals surface area contributed by atoms with E-state index in [4.69, 9.17) is 0 Å². The molecule has 1 saturated carbocycles. The van der Waals surface area contributed by atoms with Gasteiger partial charge in [-0.2, -0.15) is 0 Å². The van der Waals surface area contributed by atoms with E-state index in [9.17, 15) is 5.11 Å². The predicted molar refractivity (Wildman–Crippen MR) is 75.7 cm³/mol. The number of hydrogen-bond donors (Lipinski definition) is 1. The quantitative estimate of drug-likeness (QED) is 0.812. The minimum atomic E-state index is -0.194. The van der Waals surface area contributed by atoms with Crippen LogP contribution in [0.5, 0.6) is 0 Å². The highest BCUT2D eigenvalue weighted by Crippen LogP contribution is 2.26. The Bertz CT molecular complexity index is 239. The largest absolute Gasteiger partial charge is 0.392 e.